The van der Waals surface area contributed by atoms with Crippen molar-refractivity contribution in [2.24, 2.45) is 0 Å². The van der Waals surface area contributed by atoms with Crippen LogP contribution >= 0.6 is 12.4 Å². The number of benzene rings is 1. The zero-order chi connectivity index (χ0) is 12.0. The summed E-state index contributed by atoms with van der Waals surface area (Å²) in [7, 11) is 0. The number of hydrogen-bond acceptors (Lipinski definition) is 2. The van der Waals surface area contributed by atoms with Crippen molar-refractivity contribution < 1.29 is 4.79 Å². The molecule has 0 heterocycles. The molecule has 96 valence electrons. The third-order valence-corrected chi connectivity index (χ3v) is 2.50. The zero-order valence-electron chi connectivity index (χ0n) is 10.6. The van der Waals surface area contributed by atoms with E-state index in [0.29, 0.717) is 6.54 Å². The van der Waals surface area contributed by atoms with E-state index in [1.165, 1.54) is 0 Å². The smallest absolute Gasteiger partial charge is 0.242 e. The number of carbonyl (C=O) groups is 1. The number of anilines is 1. The fourth-order valence-corrected chi connectivity index (χ4v) is 1.66. The molecule has 1 amide bonds. The second-order valence-corrected chi connectivity index (χ2v) is 3.99. The van der Waals surface area contributed by atoms with Gasteiger partial charge in [0.1, 0.15) is 0 Å². The first-order valence-electron chi connectivity index (χ1n) is 5.73. The van der Waals surface area contributed by atoms with Gasteiger partial charge in [-0.05, 0) is 32.9 Å². The molecule has 0 saturated carbocycles. The fourth-order valence-electron chi connectivity index (χ4n) is 1.66. The van der Waals surface area contributed by atoms with Crippen LogP contribution in [-0.4, -0.2) is 29.9 Å². The zero-order valence-corrected chi connectivity index (χ0v) is 11.5. The van der Waals surface area contributed by atoms with Crippen molar-refractivity contribution in [3.05, 3.63) is 30.3 Å². The summed E-state index contributed by atoms with van der Waals surface area (Å²) in [5.74, 6) is 0.140. The van der Waals surface area contributed by atoms with E-state index in [2.05, 4.69) is 5.32 Å². The van der Waals surface area contributed by atoms with E-state index in [1.807, 2.05) is 56.0 Å². The Labute approximate surface area is 110 Å². The van der Waals surface area contributed by atoms with Crippen molar-refractivity contribution in [3.63, 3.8) is 0 Å². The van der Waals surface area contributed by atoms with Gasteiger partial charge in [0.2, 0.25) is 5.91 Å². The van der Waals surface area contributed by atoms with Gasteiger partial charge in [-0.3, -0.25) is 4.79 Å². The van der Waals surface area contributed by atoms with Gasteiger partial charge < -0.3 is 10.2 Å². The summed E-state index contributed by atoms with van der Waals surface area (Å²) in [6.07, 6.45) is 0. The van der Waals surface area contributed by atoms with Crippen LogP contribution in [0.15, 0.2) is 30.3 Å². The van der Waals surface area contributed by atoms with Crippen molar-refractivity contribution in [3.8, 4) is 0 Å². The maximum absolute atomic E-state index is 11.9. The lowest BCUT2D eigenvalue weighted by atomic mass is 10.3. The molecular weight excluding hydrogens is 236 g/mol. The first-order valence-corrected chi connectivity index (χ1v) is 5.73. The highest BCUT2D eigenvalue weighted by Gasteiger charge is 2.13. The SMILES string of the molecule is CCN(C(=O)CNc1ccccc1)C(C)C.Cl. The normalized spacial score (nSPS) is 9.65. The number of hydrogen-bond donors (Lipinski definition) is 1. The molecule has 0 aliphatic carbocycles. The lowest BCUT2D eigenvalue weighted by molar-refractivity contribution is -0.130. The average molecular weight is 257 g/mol. The molecule has 0 saturated heterocycles. The molecule has 0 aliphatic rings. The van der Waals surface area contributed by atoms with Gasteiger partial charge in [-0.15, -0.1) is 12.4 Å². The maximum atomic E-state index is 11.9. The Morgan fingerprint density at radius 2 is 1.88 bits per heavy atom. The molecule has 0 atom stereocenters. The molecule has 0 aliphatic heterocycles. The second-order valence-electron chi connectivity index (χ2n) is 3.99. The highest BCUT2D eigenvalue weighted by atomic mass is 35.5. The molecule has 0 bridgehead atoms. The highest BCUT2D eigenvalue weighted by molar-refractivity contribution is 5.85. The standard InChI is InChI=1S/C13H20N2O.ClH/c1-4-15(11(2)3)13(16)10-14-12-8-6-5-7-9-12;/h5-9,11,14H,4,10H2,1-3H3;1H. The number of amides is 1. The summed E-state index contributed by atoms with van der Waals surface area (Å²) < 4.78 is 0. The first-order chi connectivity index (χ1) is 7.65. The number of nitrogens with one attached hydrogen (secondary N) is 1. The molecule has 1 aromatic rings. The van der Waals surface area contributed by atoms with Crippen molar-refractivity contribution in [1.82, 2.24) is 4.90 Å². The number of carbonyl (C=O) groups excluding carboxylic acids is 1. The van der Waals surface area contributed by atoms with Crippen molar-refractivity contribution >= 4 is 24.0 Å². The largest absolute Gasteiger partial charge is 0.376 e. The molecule has 1 N–H and O–H groups in total. The van der Waals surface area contributed by atoms with Crippen LogP contribution in [0.5, 0.6) is 0 Å². The monoisotopic (exact) mass is 256 g/mol. The van der Waals surface area contributed by atoms with Gasteiger partial charge in [0.05, 0.1) is 6.54 Å². The molecule has 1 aromatic carbocycles. The van der Waals surface area contributed by atoms with E-state index in [9.17, 15) is 4.79 Å². The van der Waals surface area contributed by atoms with Crippen LogP contribution in [0, 0.1) is 0 Å². The molecule has 0 spiro atoms. The van der Waals surface area contributed by atoms with E-state index in [1.54, 1.807) is 0 Å². The van der Waals surface area contributed by atoms with Crippen LogP contribution in [0.4, 0.5) is 5.69 Å². The Bertz CT molecular complexity index is 327. The minimum absolute atomic E-state index is 0. The van der Waals surface area contributed by atoms with Crippen LogP contribution in [0.3, 0.4) is 0 Å². The number of rotatable bonds is 5. The Morgan fingerprint density at radius 1 is 1.29 bits per heavy atom. The van der Waals surface area contributed by atoms with Gasteiger partial charge in [-0.2, -0.15) is 0 Å². The number of nitrogens with zero attached hydrogens (tertiary/aromatic N) is 1. The molecule has 0 fully saturated rings. The molecule has 0 aromatic heterocycles. The van der Waals surface area contributed by atoms with Crippen molar-refractivity contribution in [2.75, 3.05) is 18.4 Å². The van der Waals surface area contributed by atoms with Crippen LogP contribution in [0.1, 0.15) is 20.8 Å². The summed E-state index contributed by atoms with van der Waals surface area (Å²) >= 11 is 0. The van der Waals surface area contributed by atoms with Gasteiger partial charge in [0, 0.05) is 18.3 Å². The quantitative estimate of drug-likeness (QED) is 0.879. The third kappa shape index (κ3) is 5.09. The van der Waals surface area contributed by atoms with Crippen molar-refractivity contribution in [1.29, 1.82) is 0 Å². The van der Waals surface area contributed by atoms with E-state index in [4.69, 9.17) is 0 Å². The molecule has 17 heavy (non-hydrogen) atoms. The predicted molar refractivity (Wildman–Crippen MR) is 74.7 cm³/mol. The van der Waals surface area contributed by atoms with E-state index >= 15 is 0 Å². The van der Waals surface area contributed by atoms with Crippen LogP contribution in [0.25, 0.3) is 0 Å². The van der Waals surface area contributed by atoms with Crippen molar-refractivity contribution in [2.45, 2.75) is 26.8 Å². The fraction of sp³-hybridized carbons (Fsp3) is 0.462. The van der Waals surface area contributed by atoms with Crippen LogP contribution < -0.4 is 5.32 Å². The molecular formula is C13H21ClN2O. The van der Waals surface area contributed by atoms with Gasteiger partial charge in [-0.1, -0.05) is 18.2 Å². The lowest BCUT2D eigenvalue weighted by Gasteiger charge is -2.25. The summed E-state index contributed by atoms with van der Waals surface area (Å²) in [6, 6.07) is 10.0. The summed E-state index contributed by atoms with van der Waals surface area (Å²) in [5, 5.41) is 3.12. The first kappa shape index (κ1) is 15.8. The predicted octanol–water partition coefficient (Wildman–Crippen LogP) is 2.78. The maximum Gasteiger partial charge on any atom is 0.242 e. The van der Waals surface area contributed by atoms with Gasteiger partial charge in [0.15, 0.2) is 0 Å². The summed E-state index contributed by atoms with van der Waals surface area (Å²) in [5.41, 5.74) is 0.982. The third-order valence-electron chi connectivity index (χ3n) is 2.50. The van der Waals surface area contributed by atoms with Crippen LogP contribution in [0.2, 0.25) is 0 Å². The van der Waals surface area contributed by atoms with E-state index in [-0.39, 0.29) is 24.4 Å². The average Bonchev–Trinajstić information content (AvgIpc) is 2.28. The van der Waals surface area contributed by atoms with E-state index < -0.39 is 0 Å². The lowest BCUT2D eigenvalue weighted by Crippen LogP contribution is -2.40. The Morgan fingerprint density at radius 3 is 2.35 bits per heavy atom. The van der Waals surface area contributed by atoms with Gasteiger partial charge in [-0.25, -0.2) is 0 Å². The Hall–Kier alpha value is -1.22. The number of halogens is 1. The highest BCUT2D eigenvalue weighted by Crippen LogP contribution is 2.05. The molecule has 0 unspecified atom stereocenters. The minimum Gasteiger partial charge on any atom is -0.376 e. The summed E-state index contributed by atoms with van der Waals surface area (Å²) in [6.45, 7) is 7.18. The molecule has 1 rings (SSSR count). The van der Waals surface area contributed by atoms with Gasteiger partial charge >= 0.3 is 0 Å². The molecule has 4 heteroatoms. The topological polar surface area (TPSA) is 32.3 Å². The molecule has 0 radical (unpaired) electrons. The van der Waals surface area contributed by atoms with Gasteiger partial charge in [0.25, 0.3) is 0 Å². The number of para-hydroxylation sites is 1. The second kappa shape index (κ2) is 7.96. The van der Waals surface area contributed by atoms with E-state index in [0.717, 1.165) is 12.2 Å². The number of likely N-dealkylation sites (N-methyl/N-ethyl adjacent to an activating group) is 1. The minimum atomic E-state index is 0. The van der Waals surface area contributed by atoms with Crippen LogP contribution in [-0.2, 0) is 4.79 Å². The Kier molecular flexibility index (Phi) is 7.39. The summed E-state index contributed by atoms with van der Waals surface area (Å²) in [4.78, 5) is 13.7. The molecule has 3 nitrogen and oxygen atoms in total. The Balaban J connectivity index is 0.00000256.